The SMILES string of the molecule is O=C(Cc1ccn(-c2ccccc2)n1)N1CC2(CC2)C1. The maximum absolute atomic E-state index is 12.1. The molecule has 1 saturated carbocycles. The number of carbonyl (C=O) groups excluding carboxylic acids is 1. The van der Waals surface area contributed by atoms with E-state index in [-0.39, 0.29) is 5.91 Å². The number of nitrogens with zero attached hydrogens (tertiary/aromatic N) is 3. The number of likely N-dealkylation sites (tertiary alicyclic amines) is 1. The number of carbonyl (C=O) groups is 1. The summed E-state index contributed by atoms with van der Waals surface area (Å²) in [6, 6.07) is 11.9. The summed E-state index contributed by atoms with van der Waals surface area (Å²) in [5.74, 6) is 0.209. The van der Waals surface area contributed by atoms with Crippen LogP contribution in [0.2, 0.25) is 0 Å². The highest BCUT2D eigenvalue weighted by Crippen LogP contribution is 2.52. The van der Waals surface area contributed by atoms with Gasteiger partial charge in [-0.25, -0.2) is 4.68 Å². The molecule has 0 radical (unpaired) electrons. The van der Waals surface area contributed by atoms with E-state index in [4.69, 9.17) is 0 Å². The predicted molar refractivity (Wildman–Crippen MR) is 75.5 cm³/mol. The van der Waals surface area contributed by atoms with E-state index in [0.29, 0.717) is 11.8 Å². The van der Waals surface area contributed by atoms with Gasteiger partial charge in [-0.2, -0.15) is 5.10 Å². The summed E-state index contributed by atoms with van der Waals surface area (Å²) in [5, 5.41) is 4.48. The minimum absolute atomic E-state index is 0.209. The quantitative estimate of drug-likeness (QED) is 0.853. The van der Waals surface area contributed by atoms with Crippen LogP contribution in [0.25, 0.3) is 5.69 Å². The summed E-state index contributed by atoms with van der Waals surface area (Å²) in [6.45, 7) is 1.93. The Morgan fingerprint density at radius 2 is 1.90 bits per heavy atom. The number of benzene rings is 1. The fraction of sp³-hybridized carbons (Fsp3) is 0.375. The van der Waals surface area contributed by atoms with Crippen LogP contribution in [0, 0.1) is 5.41 Å². The second kappa shape index (κ2) is 4.20. The lowest BCUT2D eigenvalue weighted by molar-refractivity contribution is -0.137. The lowest BCUT2D eigenvalue weighted by Crippen LogP contribution is -2.52. The molecule has 0 bridgehead atoms. The third-order valence-electron chi connectivity index (χ3n) is 4.36. The Bertz CT molecular complexity index is 635. The standard InChI is InChI=1S/C16H17N3O/c20-15(18-11-16(12-18)7-8-16)10-13-6-9-19(17-13)14-4-2-1-3-5-14/h1-6,9H,7-8,10-12H2. The predicted octanol–water partition coefficient (Wildman–Crippen LogP) is 2.04. The Morgan fingerprint density at radius 1 is 1.15 bits per heavy atom. The summed E-state index contributed by atoms with van der Waals surface area (Å²) in [5.41, 5.74) is 2.39. The van der Waals surface area contributed by atoms with Gasteiger partial charge in [-0.15, -0.1) is 0 Å². The van der Waals surface area contributed by atoms with Crippen LogP contribution in [-0.4, -0.2) is 33.7 Å². The average molecular weight is 267 g/mol. The first kappa shape index (κ1) is 11.7. The molecule has 1 amide bonds. The normalized spacial score (nSPS) is 18.9. The maximum atomic E-state index is 12.1. The Hall–Kier alpha value is -2.10. The van der Waals surface area contributed by atoms with Crippen LogP contribution in [-0.2, 0) is 11.2 Å². The third kappa shape index (κ3) is 2.01. The van der Waals surface area contributed by atoms with Crippen molar-refractivity contribution in [2.45, 2.75) is 19.3 Å². The van der Waals surface area contributed by atoms with Crippen LogP contribution >= 0.6 is 0 Å². The number of aromatic nitrogens is 2. The Kier molecular flexibility index (Phi) is 2.46. The summed E-state index contributed by atoms with van der Waals surface area (Å²) < 4.78 is 1.82. The highest BCUT2D eigenvalue weighted by molar-refractivity contribution is 5.79. The Morgan fingerprint density at radius 3 is 2.60 bits per heavy atom. The lowest BCUT2D eigenvalue weighted by Gasteiger charge is -2.39. The average Bonchev–Trinajstić information content (AvgIpc) is 3.12. The van der Waals surface area contributed by atoms with E-state index in [2.05, 4.69) is 5.10 Å². The van der Waals surface area contributed by atoms with Gasteiger partial charge in [0, 0.05) is 24.7 Å². The van der Waals surface area contributed by atoms with Crippen molar-refractivity contribution in [3.8, 4) is 5.69 Å². The Balaban J connectivity index is 1.42. The molecule has 1 aromatic carbocycles. The van der Waals surface area contributed by atoms with Gasteiger partial charge in [-0.1, -0.05) is 18.2 Å². The number of hydrogen-bond donors (Lipinski definition) is 0. The molecule has 1 saturated heterocycles. The molecule has 2 aromatic rings. The van der Waals surface area contributed by atoms with E-state index in [9.17, 15) is 4.79 Å². The van der Waals surface area contributed by atoms with E-state index in [1.807, 2.05) is 52.2 Å². The summed E-state index contributed by atoms with van der Waals surface area (Å²) in [6.07, 6.45) is 4.94. The molecule has 4 nitrogen and oxygen atoms in total. The fourth-order valence-corrected chi connectivity index (χ4v) is 2.88. The molecule has 2 aliphatic rings. The van der Waals surface area contributed by atoms with Gasteiger partial charge in [-0.3, -0.25) is 4.79 Å². The van der Waals surface area contributed by atoms with Crippen LogP contribution < -0.4 is 0 Å². The molecule has 0 unspecified atom stereocenters. The molecule has 1 aliphatic heterocycles. The van der Waals surface area contributed by atoms with Gasteiger partial charge < -0.3 is 4.90 Å². The molecule has 0 N–H and O–H groups in total. The molecule has 4 rings (SSSR count). The van der Waals surface area contributed by atoms with Crippen molar-refractivity contribution < 1.29 is 4.79 Å². The first-order valence-electron chi connectivity index (χ1n) is 7.12. The Labute approximate surface area is 118 Å². The maximum Gasteiger partial charge on any atom is 0.228 e. The summed E-state index contributed by atoms with van der Waals surface area (Å²) in [7, 11) is 0. The van der Waals surface area contributed by atoms with Crippen molar-refractivity contribution in [1.29, 1.82) is 0 Å². The number of amides is 1. The largest absolute Gasteiger partial charge is 0.341 e. The lowest BCUT2D eigenvalue weighted by atomic mass is 9.96. The highest BCUT2D eigenvalue weighted by Gasteiger charge is 2.53. The highest BCUT2D eigenvalue weighted by atomic mass is 16.2. The minimum atomic E-state index is 0.209. The molecule has 4 heteroatoms. The van der Waals surface area contributed by atoms with Crippen LogP contribution in [0.4, 0.5) is 0 Å². The molecule has 1 spiro atoms. The van der Waals surface area contributed by atoms with Gasteiger partial charge in [0.15, 0.2) is 0 Å². The molecule has 2 fully saturated rings. The molecule has 2 heterocycles. The molecule has 1 aliphatic carbocycles. The van der Waals surface area contributed by atoms with Crippen molar-refractivity contribution in [1.82, 2.24) is 14.7 Å². The van der Waals surface area contributed by atoms with Crippen LogP contribution in [0.3, 0.4) is 0 Å². The van der Waals surface area contributed by atoms with Crippen molar-refractivity contribution in [3.63, 3.8) is 0 Å². The zero-order valence-electron chi connectivity index (χ0n) is 11.3. The van der Waals surface area contributed by atoms with Gasteiger partial charge in [0.2, 0.25) is 5.91 Å². The zero-order valence-corrected chi connectivity index (χ0v) is 11.3. The van der Waals surface area contributed by atoms with Gasteiger partial charge in [0.25, 0.3) is 0 Å². The van der Waals surface area contributed by atoms with Crippen molar-refractivity contribution in [2.24, 2.45) is 5.41 Å². The molecular weight excluding hydrogens is 250 g/mol. The van der Waals surface area contributed by atoms with Gasteiger partial charge >= 0.3 is 0 Å². The third-order valence-corrected chi connectivity index (χ3v) is 4.36. The minimum Gasteiger partial charge on any atom is -0.341 e. The first-order chi connectivity index (χ1) is 9.74. The van der Waals surface area contributed by atoms with E-state index in [0.717, 1.165) is 24.5 Å². The topological polar surface area (TPSA) is 38.1 Å². The zero-order chi connectivity index (χ0) is 13.6. The fourth-order valence-electron chi connectivity index (χ4n) is 2.88. The molecule has 20 heavy (non-hydrogen) atoms. The summed E-state index contributed by atoms with van der Waals surface area (Å²) >= 11 is 0. The van der Waals surface area contributed by atoms with Gasteiger partial charge in [-0.05, 0) is 31.0 Å². The number of rotatable bonds is 3. The van der Waals surface area contributed by atoms with Crippen LogP contribution in [0.15, 0.2) is 42.6 Å². The summed E-state index contributed by atoms with van der Waals surface area (Å²) in [4.78, 5) is 14.1. The molecule has 1 aromatic heterocycles. The van der Waals surface area contributed by atoms with Crippen molar-refractivity contribution >= 4 is 5.91 Å². The van der Waals surface area contributed by atoms with E-state index < -0.39 is 0 Å². The van der Waals surface area contributed by atoms with Gasteiger partial charge in [0.05, 0.1) is 17.8 Å². The number of hydrogen-bond acceptors (Lipinski definition) is 2. The molecule has 0 atom stereocenters. The second-order valence-corrected chi connectivity index (χ2v) is 6.01. The van der Waals surface area contributed by atoms with Crippen LogP contribution in [0.1, 0.15) is 18.5 Å². The molecular formula is C16H17N3O. The molecule has 102 valence electrons. The van der Waals surface area contributed by atoms with E-state index in [1.165, 1.54) is 12.8 Å². The first-order valence-corrected chi connectivity index (χ1v) is 7.12. The second-order valence-electron chi connectivity index (χ2n) is 6.01. The van der Waals surface area contributed by atoms with Crippen LogP contribution in [0.5, 0.6) is 0 Å². The smallest absolute Gasteiger partial charge is 0.228 e. The van der Waals surface area contributed by atoms with Gasteiger partial charge in [0.1, 0.15) is 0 Å². The van der Waals surface area contributed by atoms with Crippen molar-refractivity contribution in [3.05, 3.63) is 48.3 Å². The monoisotopic (exact) mass is 267 g/mol. The van der Waals surface area contributed by atoms with Crippen molar-refractivity contribution in [2.75, 3.05) is 13.1 Å². The number of para-hydroxylation sites is 1. The van der Waals surface area contributed by atoms with E-state index >= 15 is 0 Å². The van der Waals surface area contributed by atoms with E-state index in [1.54, 1.807) is 0 Å².